The molecule has 0 spiro atoms. The number of nitrogens with two attached hydrogens (primary N) is 1. The Hall–Kier alpha value is -0.300. The summed E-state index contributed by atoms with van der Waals surface area (Å²) in [6.45, 7) is 8.39. The lowest BCUT2D eigenvalue weighted by Gasteiger charge is -2.31. The molecule has 1 rings (SSSR count). The molecule has 0 bridgehead atoms. The average molecular weight is 394 g/mol. The third-order valence-corrected chi connectivity index (χ3v) is 3.71. The first kappa shape index (κ1) is 19.7. The summed E-state index contributed by atoms with van der Waals surface area (Å²) >= 11 is 0. The molecule has 0 aliphatic heterocycles. The van der Waals surface area contributed by atoms with Crippen LogP contribution in [0.2, 0.25) is 0 Å². The van der Waals surface area contributed by atoms with Crippen LogP contribution in [0.1, 0.15) is 45.4 Å². The first-order chi connectivity index (χ1) is 9.09. The number of aliphatic imine (C=N–C) groups is 1. The van der Waals surface area contributed by atoms with Crippen molar-refractivity contribution in [3.63, 3.8) is 0 Å². The molecule has 1 saturated carbocycles. The normalized spacial score (nSPS) is 16.9. The fourth-order valence-electron chi connectivity index (χ4n) is 2.53. The molecule has 1 aliphatic carbocycles. The van der Waals surface area contributed by atoms with E-state index in [0.717, 1.165) is 31.1 Å². The van der Waals surface area contributed by atoms with E-state index in [1.165, 1.54) is 32.1 Å². The second-order valence-corrected chi connectivity index (χ2v) is 5.71. The van der Waals surface area contributed by atoms with E-state index in [4.69, 9.17) is 5.73 Å². The predicted octanol–water partition coefficient (Wildman–Crippen LogP) is 2.74. The Kier molecular flexibility index (Phi) is 11.2. The van der Waals surface area contributed by atoms with Gasteiger partial charge in [0.1, 0.15) is 0 Å². The maximum absolute atomic E-state index is 5.77. The van der Waals surface area contributed by atoms with E-state index in [9.17, 15) is 0 Å². The molecule has 0 aromatic rings. The lowest BCUT2D eigenvalue weighted by Crippen LogP contribution is -2.37. The number of nitrogens with zero attached hydrogens (tertiary/aromatic N) is 2. The molecule has 4 nitrogen and oxygen atoms in total. The molecule has 20 heavy (non-hydrogen) atoms. The van der Waals surface area contributed by atoms with Gasteiger partial charge in [-0.05, 0) is 39.8 Å². The lowest BCUT2D eigenvalue weighted by atomic mass is 9.94. The van der Waals surface area contributed by atoms with Gasteiger partial charge >= 0.3 is 0 Å². The maximum atomic E-state index is 5.77. The first-order valence-electron chi connectivity index (χ1n) is 7.48. The topological polar surface area (TPSA) is 53.6 Å². The highest BCUT2D eigenvalue weighted by Crippen LogP contribution is 2.21. The molecule has 3 N–H and O–H groups in total. The molecular formula is C15H31IN4. The molecule has 0 radical (unpaired) electrons. The summed E-state index contributed by atoms with van der Waals surface area (Å²) in [5.74, 6) is 0.531. The monoisotopic (exact) mass is 394 g/mol. The van der Waals surface area contributed by atoms with Crippen molar-refractivity contribution in [2.45, 2.75) is 51.5 Å². The van der Waals surface area contributed by atoms with E-state index in [2.05, 4.69) is 28.8 Å². The highest BCUT2D eigenvalue weighted by molar-refractivity contribution is 14.0. The van der Waals surface area contributed by atoms with E-state index in [1.54, 1.807) is 0 Å². The van der Waals surface area contributed by atoms with Gasteiger partial charge in [0, 0.05) is 12.6 Å². The highest BCUT2D eigenvalue weighted by Gasteiger charge is 2.17. The zero-order valence-corrected chi connectivity index (χ0v) is 15.4. The number of hydrogen-bond acceptors (Lipinski definition) is 2. The van der Waals surface area contributed by atoms with Crippen LogP contribution in [0.25, 0.3) is 0 Å². The van der Waals surface area contributed by atoms with Crippen molar-refractivity contribution in [3.8, 4) is 0 Å². The van der Waals surface area contributed by atoms with Crippen LogP contribution in [0, 0.1) is 0 Å². The van der Waals surface area contributed by atoms with Crippen LogP contribution in [-0.4, -0.2) is 43.6 Å². The molecule has 0 aromatic carbocycles. The predicted molar refractivity (Wildman–Crippen MR) is 98.8 cm³/mol. The van der Waals surface area contributed by atoms with Crippen LogP contribution in [-0.2, 0) is 0 Å². The minimum Gasteiger partial charge on any atom is -0.370 e. The zero-order chi connectivity index (χ0) is 14.1. The molecule has 0 unspecified atom stereocenters. The van der Waals surface area contributed by atoms with Gasteiger partial charge in [-0.2, -0.15) is 0 Å². The van der Waals surface area contributed by atoms with E-state index in [-0.39, 0.29) is 24.0 Å². The molecule has 1 fully saturated rings. The summed E-state index contributed by atoms with van der Waals surface area (Å²) in [7, 11) is 2.24. The minimum atomic E-state index is 0. The van der Waals surface area contributed by atoms with Gasteiger partial charge < -0.3 is 16.0 Å². The van der Waals surface area contributed by atoms with Gasteiger partial charge in [0.2, 0.25) is 0 Å². The molecular weight excluding hydrogens is 363 g/mol. The summed E-state index contributed by atoms with van der Waals surface area (Å²) in [5, 5.41) is 3.16. The van der Waals surface area contributed by atoms with Gasteiger partial charge in [0.05, 0.1) is 6.54 Å². The molecule has 0 atom stereocenters. The summed E-state index contributed by atoms with van der Waals surface area (Å²) < 4.78 is 0. The Morgan fingerprint density at radius 1 is 1.35 bits per heavy atom. The average Bonchev–Trinajstić information content (AvgIpc) is 2.42. The third-order valence-electron chi connectivity index (χ3n) is 3.71. The van der Waals surface area contributed by atoms with Crippen LogP contribution in [0.4, 0.5) is 0 Å². The van der Waals surface area contributed by atoms with Crippen LogP contribution >= 0.6 is 24.0 Å². The fraction of sp³-hybridized carbons (Fsp3) is 0.800. The molecule has 1 aliphatic rings. The Balaban J connectivity index is 0.00000361. The van der Waals surface area contributed by atoms with Crippen molar-refractivity contribution < 1.29 is 0 Å². The largest absolute Gasteiger partial charge is 0.370 e. The van der Waals surface area contributed by atoms with Crippen molar-refractivity contribution >= 4 is 29.9 Å². The quantitative estimate of drug-likeness (QED) is 0.230. The number of halogens is 1. The highest BCUT2D eigenvalue weighted by atomic mass is 127. The number of nitrogens with one attached hydrogen (secondary N) is 1. The molecule has 0 aromatic heterocycles. The van der Waals surface area contributed by atoms with Gasteiger partial charge in [-0.3, -0.25) is 0 Å². The summed E-state index contributed by atoms with van der Waals surface area (Å²) in [6.07, 6.45) is 8.05. The standard InChI is InChI=1S/C15H30N4.HI/c1-13(2)12-18-15(16)17-10-7-11-19(3)14-8-5-4-6-9-14;/h14H,1,4-12H2,2-3H3,(H3,16,17,18);1H. The van der Waals surface area contributed by atoms with E-state index in [0.29, 0.717) is 12.5 Å². The summed E-state index contributed by atoms with van der Waals surface area (Å²) in [6, 6.07) is 0.795. The van der Waals surface area contributed by atoms with Gasteiger partial charge in [0.15, 0.2) is 5.96 Å². The van der Waals surface area contributed by atoms with Crippen molar-refractivity contribution in [2.75, 3.05) is 26.7 Å². The van der Waals surface area contributed by atoms with Crippen molar-refractivity contribution in [1.82, 2.24) is 10.2 Å². The molecule has 0 heterocycles. The van der Waals surface area contributed by atoms with E-state index >= 15 is 0 Å². The van der Waals surface area contributed by atoms with Gasteiger partial charge in [-0.25, -0.2) is 4.99 Å². The van der Waals surface area contributed by atoms with Crippen LogP contribution in [0.3, 0.4) is 0 Å². The molecule has 0 saturated heterocycles. The Labute approximate surface area is 141 Å². The number of guanidine groups is 1. The maximum Gasteiger partial charge on any atom is 0.188 e. The van der Waals surface area contributed by atoms with Crippen LogP contribution < -0.4 is 11.1 Å². The number of hydrogen-bond donors (Lipinski definition) is 2. The van der Waals surface area contributed by atoms with Crippen molar-refractivity contribution in [3.05, 3.63) is 12.2 Å². The van der Waals surface area contributed by atoms with Crippen molar-refractivity contribution in [2.24, 2.45) is 10.7 Å². The first-order valence-corrected chi connectivity index (χ1v) is 7.48. The van der Waals surface area contributed by atoms with Crippen molar-refractivity contribution in [1.29, 1.82) is 0 Å². The van der Waals surface area contributed by atoms with Gasteiger partial charge in [-0.15, -0.1) is 24.0 Å². The fourth-order valence-corrected chi connectivity index (χ4v) is 2.53. The summed E-state index contributed by atoms with van der Waals surface area (Å²) in [5.41, 5.74) is 6.80. The van der Waals surface area contributed by atoms with Crippen LogP contribution in [0.15, 0.2) is 17.1 Å². The molecule has 118 valence electrons. The van der Waals surface area contributed by atoms with Gasteiger partial charge in [0.25, 0.3) is 0 Å². The Bertz CT molecular complexity index is 298. The third kappa shape index (κ3) is 8.79. The molecule has 0 amide bonds. The second kappa shape index (κ2) is 11.4. The summed E-state index contributed by atoms with van der Waals surface area (Å²) in [4.78, 5) is 6.70. The lowest BCUT2D eigenvalue weighted by molar-refractivity contribution is 0.190. The van der Waals surface area contributed by atoms with Gasteiger partial charge in [-0.1, -0.05) is 31.4 Å². The molecule has 5 heteroatoms. The Morgan fingerprint density at radius 3 is 2.60 bits per heavy atom. The smallest absolute Gasteiger partial charge is 0.188 e. The van der Waals surface area contributed by atoms with E-state index < -0.39 is 0 Å². The number of rotatable bonds is 7. The van der Waals surface area contributed by atoms with E-state index in [1.807, 2.05) is 6.92 Å². The van der Waals surface area contributed by atoms with Crippen LogP contribution in [0.5, 0.6) is 0 Å². The Morgan fingerprint density at radius 2 is 2.00 bits per heavy atom. The SMILES string of the molecule is C=C(C)CN=C(N)NCCCN(C)C1CCCCC1.I. The zero-order valence-electron chi connectivity index (χ0n) is 13.0. The minimum absolute atomic E-state index is 0. The second-order valence-electron chi connectivity index (χ2n) is 5.71.